The van der Waals surface area contributed by atoms with Crippen LogP contribution in [0, 0.1) is 5.92 Å². The summed E-state index contributed by atoms with van der Waals surface area (Å²) in [5.74, 6) is 0.813. The zero-order valence-electron chi connectivity index (χ0n) is 11.1. The largest absolute Gasteiger partial charge is 0.354 e. The van der Waals surface area contributed by atoms with E-state index in [1.165, 1.54) is 13.0 Å². The number of rotatable bonds is 3. The molecular formula is C13H26N2O. The van der Waals surface area contributed by atoms with Gasteiger partial charge in [0.05, 0.1) is 0 Å². The van der Waals surface area contributed by atoms with E-state index >= 15 is 0 Å². The second kappa shape index (κ2) is 6.24. The zero-order chi connectivity index (χ0) is 12.1. The fourth-order valence-electron chi connectivity index (χ4n) is 2.38. The van der Waals surface area contributed by atoms with Gasteiger partial charge in [0.2, 0.25) is 5.91 Å². The molecule has 0 radical (unpaired) electrons. The number of amides is 1. The van der Waals surface area contributed by atoms with Crippen molar-refractivity contribution in [2.45, 2.75) is 59.0 Å². The van der Waals surface area contributed by atoms with Gasteiger partial charge in [0.25, 0.3) is 0 Å². The molecule has 1 rings (SSSR count). The molecule has 1 amide bonds. The molecule has 0 bridgehead atoms. The molecular weight excluding hydrogens is 200 g/mol. The first-order chi connectivity index (χ1) is 7.50. The molecule has 0 aromatic heterocycles. The van der Waals surface area contributed by atoms with Gasteiger partial charge in [-0.05, 0) is 38.6 Å². The maximum absolute atomic E-state index is 11.0. The number of hydrogen-bond donors (Lipinski definition) is 1. The normalized spacial score (nSPS) is 25.2. The molecule has 1 N–H and O–H groups in total. The lowest BCUT2D eigenvalue weighted by Gasteiger charge is -2.30. The fourth-order valence-corrected chi connectivity index (χ4v) is 2.38. The topological polar surface area (TPSA) is 32.3 Å². The van der Waals surface area contributed by atoms with Gasteiger partial charge < -0.3 is 10.2 Å². The quantitative estimate of drug-likeness (QED) is 0.798. The van der Waals surface area contributed by atoms with E-state index in [0.29, 0.717) is 18.0 Å². The van der Waals surface area contributed by atoms with Gasteiger partial charge in [0.15, 0.2) is 0 Å². The Labute approximate surface area is 99.6 Å². The summed E-state index contributed by atoms with van der Waals surface area (Å²) >= 11 is 0. The Hall–Kier alpha value is -0.570. The minimum absolute atomic E-state index is 0.107. The van der Waals surface area contributed by atoms with Crippen LogP contribution >= 0.6 is 0 Å². The van der Waals surface area contributed by atoms with E-state index in [4.69, 9.17) is 0 Å². The maximum Gasteiger partial charge on any atom is 0.217 e. The third kappa shape index (κ3) is 4.12. The van der Waals surface area contributed by atoms with Gasteiger partial charge in [-0.1, -0.05) is 13.8 Å². The first kappa shape index (κ1) is 13.5. The first-order valence-electron chi connectivity index (χ1n) is 6.52. The van der Waals surface area contributed by atoms with Crippen molar-refractivity contribution in [3.63, 3.8) is 0 Å². The Bertz CT molecular complexity index is 228. The minimum atomic E-state index is 0.107. The summed E-state index contributed by atoms with van der Waals surface area (Å²) in [6.07, 6.45) is 3.42. The van der Waals surface area contributed by atoms with Gasteiger partial charge >= 0.3 is 0 Å². The van der Waals surface area contributed by atoms with Crippen LogP contribution in [0.5, 0.6) is 0 Å². The molecule has 2 atom stereocenters. The fraction of sp³-hybridized carbons (Fsp3) is 0.923. The van der Waals surface area contributed by atoms with Crippen LogP contribution in [0.2, 0.25) is 0 Å². The van der Waals surface area contributed by atoms with Crippen molar-refractivity contribution in [2.75, 3.05) is 13.1 Å². The van der Waals surface area contributed by atoms with E-state index in [1.807, 2.05) is 0 Å². The Morgan fingerprint density at radius 2 is 1.94 bits per heavy atom. The van der Waals surface area contributed by atoms with E-state index in [1.54, 1.807) is 6.92 Å². The Morgan fingerprint density at radius 3 is 2.50 bits per heavy atom. The molecule has 0 spiro atoms. The average molecular weight is 226 g/mol. The SMILES string of the molecule is CC(=O)NC1CCCN(C(C)C(C)C)CC1. The molecule has 16 heavy (non-hydrogen) atoms. The molecule has 0 aromatic carbocycles. The highest BCUT2D eigenvalue weighted by molar-refractivity contribution is 5.73. The molecule has 2 unspecified atom stereocenters. The number of carbonyl (C=O) groups excluding carboxylic acids is 1. The molecule has 0 aromatic rings. The van der Waals surface area contributed by atoms with Crippen molar-refractivity contribution < 1.29 is 4.79 Å². The van der Waals surface area contributed by atoms with Crippen molar-refractivity contribution in [2.24, 2.45) is 5.92 Å². The molecule has 0 saturated carbocycles. The lowest BCUT2D eigenvalue weighted by atomic mass is 10.0. The van der Waals surface area contributed by atoms with Gasteiger partial charge in [-0.25, -0.2) is 0 Å². The van der Waals surface area contributed by atoms with Crippen molar-refractivity contribution in [3.8, 4) is 0 Å². The van der Waals surface area contributed by atoms with Crippen molar-refractivity contribution >= 4 is 5.91 Å². The van der Waals surface area contributed by atoms with Crippen LogP contribution in [0.3, 0.4) is 0 Å². The second-order valence-corrected chi connectivity index (χ2v) is 5.35. The van der Waals surface area contributed by atoms with Gasteiger partial charge in [0, 0.05) is 25.6 Å². The molecule has 1 heterocycles. The third-order valence-corrected chi connectivity index (χ3v) is 3.71. The summed E-state index contributed by atoms with van der Waals surface area (Å²) in [4.78, 5) is 13.6. The predicted molar refractivity (Wildman–Crippen MR) is 67.3 cm³/mol. The number of carbonyl (C=O) groups is 1. The lowest BCUT2D eigenvalue weighted by molar-refractivity contribution is -0.119. The van der Waals surface area contributed by atoms with Gasteiger partial charge in [-0.3, -0.25) is 4.79 Å². The number of hydrogen-bond acceptors (Lipinski definition) is 2. The van der Waals surface area contributed by atoms with Crippen LogP contribution < -0.4 is 5.32 Å². The van der Waals surface area contributed by atoms with Crippen molar-refractivity contribution in [3.05, 3.63) is 0 Å². The van der Waals surface area contributed by atoms with E-state index in [0.717, 1.165) is 19.4 Å². The van der Waals surface area contributed by atoms with E-state index in [2.05, 4.69) is 31.0 Å². The third-order valence-electron chi connectivity index (χ3n) is 3.71. The summed E-state index contributed by atoms with van der Waals surface area (Å²) in [6.45, 7) is 10.8. The molecule has 3 heteroatoms. The zero-order valence-corrected chi connectivity index (χ0v) is 11.1. The lowest BCUT2D eigenvalue weighted by Crippen LogP contribution is -2.38. The summed E-state index contributed by atoms with van der Waals surface area (Å²) in [5, 5.41) is 3.04. The second-order valence-electron chi connectivity index (χ2n) is 5.35. The van der Waals surface area contributed by atoms with Gasteiger partial charge in [-0.2, -0.15) is 0 Å². The summed E-state index contributed by atoms with van der Waals surface area (Å²) in [6, 6.07) is 1.04. The van der Waals surface area contributed by atoms with E-state index < -0.39 is 0 Å². The molecule has 1 saturated heterocycles. The molecule has 3 nitrogen and oxygen atoms in total. The maximum atomic E-state index is 11.0. The molecule has 1 aliphatic rings. The Kier molecular flexibility index (Phi) is 5.26. The number of likely N-dealkylation sites (tertiary alicyclic amines) is 1. The number of nitrogens with one attached hydrogen (secondary N) is 1. The minimum Gasteiger partial charge on any atom is -0.354 e. The molecule has 1 fully saturated rings. The van der Waals surface area contributed by atoms with Crippen molar-refractivity contribution in [1.82, 2.24) is 10.2 Å². The highest BCUT2D eigenvalue weighted by Crippen LogP contribution is 2.17. The van der Waals surface area contributed by atoms with Crippen LogP contribution in [-0.2, 0) is 4.79 Å². The van der Waals surface area contributed by atoms with Crippen molar-refractivity contribution in [1.29, 1.82) is 0 Å². The van der Waals surface area contributed by atoms with E-state index in [-0.39, 0.29) is 5.91 Å². The molecule has 0 aliphatic carbocycles. The van der Waals surface area contributed by atoms with Crippen LogP contribution in [0.4, 0.5) is 0 Å². The Balaban J connectivity index is 2.42. The van der Waals surface area contributed by atoms with Crippen LogP contribution in [-0.4, -0.2) is 36.0 Å². The van der Waals surface area contributed by atoms with Crippen LogP contribution in [0.25, 0.3) is 0 Å². The van der Waals surface area contributed by atoms with Crippen LogP contribution in [0.15, 0.2) is 0 Å². The highest BCUT2D eigenvalue weighted by atomic mass is 16.1. The van der Waals surface area contributed by atoms with E-state index in [9.17, 15) is 4.79 Å². The summed E-state index contributed by atoms with van der Waals surface area (Å²) < 4.78 is 0. The highest BCUT2D eigenvalue weighted by Gasteiger charge is 2.22. The first-order valence-corrected chi connectivity index (χ1v) is 6.52. The summed E-state index contributed by atoms with van der Waals surface area (Å²) in [5.41, 5.74) is 0. The molecule has 94 valence electrons. The Morgan fingerprint density at radius 1 is 1.25 bits per heavy atom. The predicted octanol–water partition coefficient (Wildman–Crippen LogP) is 2.02. The number of nitrogens with zero attached hydrogens (tertiary/aromatic N) is 1. The standard InChI is InChI=1S/C13H26N2O/c1-10(2)11(3)15-8-5-6-13(7-9-15)14-12(4)16/h10-11,13H,5-9H2,1-4H3,(H,14,16). The van der Waals surface area contributed by atoms with Gasteiger partial charge in [-0.15, -0.1) is 0 Å². The molecule has 1 aliphatic heterocycles. The van der Waals surface area contributed by atoms with Crippen LogP contribution in [0.1, 0.15) is 47.0 Å². The monoisotopic (exact) mass is 226 g/mol. The average Bonchev–Trinajstić information content (AvgIpc) is 2.41. The van der Waals surface area contributed by atoms with Gasteiger partial charge in [0.1, 0.15) is 0 Å². The smallest absolute Gasteiger partial charge is 0.217 e. The summed E-state index contributed by atoms with van der Waals surface area (Å²) in [7, 11) is 0.